The molecule has 1 saturated heterocycles. The summed E-state index contributed by atoms with van der Waals surface area (Å²) < 4.78 is 32.2. The number of sulfonamides is 1. The maximum atomic E-state index is 12.7. The number of likely N-dealkylation sites (tertiary alicyclic amines) is 1. The van der Waals surface area contributed by atoms with E-state index in [2.05, 4.69) is 4.72 Å². The summed E-state index contributed by atoms with van der Waals surface area (Å²) in [4.78, 5) is 26.8. The SMILES string of the molecule is COc1ccc(S(=O)(=O)NC(=O)C2(C)CCN2C(=O)CCC2CCCC2)cc1. The third-order valence-electron chi connectivity index (χ3n) is 6.05. The highest BCUT2D eigenvalue weighted by molar-refractivity contribution is 7.90. The molecule has 2 aliphatic rings. The Bertz CT molecular complexity index is 831. The van der Waals surface area contributed by atoms with Gasteiger partial charge in [-0.1, -0.05) is 25.7 Å². The summed E-state index contributed by atoms with van der Waals surface area (Å²) >= 11 is 0. The van der Waals surface area contributed by atoms with Crippen LogP contribution in [0.4, 0.5) is 0 Å². The zero-order valence-corrected chi connectivity index (χ0v) is 17.3. The molecule has 1 aromatic rings. The summed E-state index contributed by atoms with van der Waals surface area (Å²) in [6.45, 7) is 2.11. The van der Waals surface area contributed by atoms with Crippen molar-refractivity contribution >= 4 is 21.8 Å². The molecule has 1 unspecified atom stereocenters. The van der Waals surface area contributed by atoms with Crippen LogP contribution in [0.25, 0.3) is 0 Å². The Morgan fingerprint density at radius 3 is 2.39 bits per heavy atom. The van der Waals surface area contributed by atoms with E-state index in [1.807, 2.05) is 0 Å². The molecule has 1 aromatic carbocycles. The molecule has 28 heavy (non-hydrogen) atoms. The van der Waals surface area contributed by atoms with Gasteiger partial charge >= 0.3 is 0 Å². The number of methoxy groups -OCH3 is 1. The quantitative estimate of drug-likeness (QED) is 0.748. The number of carbonyl (C=O) groups is 2. The summed E-state index contributed by atoms with van der Waals surface area (Å²) in [5.41, 5.74) is -1.12. The fraction of sp³-hybridized carbons (Fsp3) is 0.600. The summed E-state index contributed by atoms with van der Waals surface area (Å²) in [6, 6.07) is 5.79. The fourth-order valence-electron chi connectivity index (χ4n) is 4.00. The summed E-state index contributed by atoms with van der Waals surface area (Å²) in [5.74, 6) is 0.387. The molecule has 8 heteroatoms. The van der Waals surface area contributed by atoms with Gasteiger partial charge in [-0.15, -0.1) is 0 Å². The number of rotatable bonds is 7. The predicted octanol–water partition coefficient (Wildman–Crippen LogP) is 2.46. The van der Waals surface area contributed by atoms with Crippen molar-refractivity contribution in [3.05, 3.63) is 24.3 Å². The van der Waals surface area contributed by atoms with E-state index in [1.165, 1.54) is 62.0 Å². The number of nitrogens with one attached hydrogen (secondary N) is 1. The van der Waals surface area contributed by atoms with Crippen molar-refractivity contribution in [2.24, 2.45) is 5.92 Å². The molecule has 154 valence electrons. The van der Waals surface area contributed by atoms with Gasteiger partial charge in [-0.05, 0) is 49.9 Å². The van der Waals surface area contributed by atoms with Gasteiger partial charge in [0.2, 0.25) is 5.91 Å². The van der Waals surface area contributed by atoms with Crippen LogP contribution < -0.4 is 9.46 Å². The molecule has 1 aliphatic carbocycles. The highest BCUT2D eigenvalue weighted by Crippen LogP contribution is 2.34. The normalized spacial score (nSPS) is 22.6. The Kier molecular flexibility index (Phi) is 5.98. The van der Waals surface area contributed by atoms with E-state index in [0.717, 1.165) is 6.42 Å². The summed E-state index contributed by atoms with van der Waals surface area (Å²) in [5, 5.41) is 0. The van der Waals surface area contributed by atoms with E-state index < -0.39 is 21.5 Å². The topological polar surface area (TPSA) is 92.8 Å². The van der Waals surface area contributed by atoms with Crippen molar-refractivity contribution in [2.45, 2.75) is 62.3 Å². The van der Waals surface area contributed by atoms with E-state index >= 15 is 0 Å². The lowest BCUT2D eigenvalue weighted by Gasteiger charge is -2.49. The second-order valence-electron chi connectivity index (χ2n) is 7.87. The molecule has 0 radical (unpaired) electrons. The molecular weight excluding hydrogens is 380 g/mol. The van der Waals surface area contributed by atoms with Crippen LogP contribution in [-0.2, 0) is 19.6 Å². The number of ether oxygens (including phenoxy) is 1. The molecule has 1 N–H and O–H groups in total. The lowest BCUT2D eigenvalue weighted by molar-refractivity contribution is -0.156. The minimum Gasteiger partial charge on any atom is -0.497 e. The molecule has 0 spiro atoms. The third kappa shape index (κ3) is 4.16. The van der Waals surface area contributed by atoms with Crippen molar-refractivity contribution in [3.8, 4) is 5.75 Å². The van der Waals surface area contributed by atoms with Gasteiger partial charge in [-0.2, -0.15) is 0 Å². The van der Waals surface area contributed by atoms with Crippen molar-refractivity contribution in [1.29, 1.82) is 0 Å². The molecule has 7 nitrogen and oxygen atoms in total. The van der Waals surface area contributed by atoms with Crippen LogP contribution in [0.15, 0.2) is 29.2 Å². The van der Waals surface area contributed by atoms with Crippen molar-refractivity contribution in [2.75, 3.05) is 13.7 Å². The Morgan fingerprint density at radius 2 is 1.86 bits per heavy atom. The monoisotopic (exact) mass is 408 g/mol. The Labute approximate surface area is 166 Å². The first kappa shape index (κ1) is 20.6. The summed E-state index contributed by atoms with van der Waals surface area (Å²) in [7, 11) is -2.52. The van der Waals surface area contributed by atoms with Gasteiger partial charge in [0.25, 0.3) is 15.9 Å². The number of hydrogen-bond acceptors (Lipinski definition) is 5. The largest absolute Gasteiger partial charge is 0.497 e. The molecule has 2 fully saturated rings. The average Bonchev–Trinajstić information content (AvgIpc) is 3.18. The third-order valence-corrected chi connectivity index (χ3v) is 7.39. The number of hydrogen-bond donors (Lipinski definition) is 1. The Balaban J connectivity index is 1.62. The van der Waals surface area contributed by atoms with Gasteiger partial charge in [-0.3, -0.25) is 9.59 Å². The highest BCUT2D eigenvalue weighted by Gasteiger charge is 2.50. The number of benzene rings is 1. The van der Waals surface area contributed by atoms with Gasteiger partial charge < -0.3 is 9.64 Å². The molecule has 0 bridgehead atoms. The maximum absolute atomic E-state index is 12.7. The van der Waals surface area contributed by atoms with Gasteiger partial charge in [-0.25, -0.2) is 13.1 Å². The standard InChI is InChI=1S/C20H28N2O5S/c1-20(13-14-22(20)18(23)12-7-15-5-3-4-6-15)19(24)21-28(25,26)17-10-8-16(27-2)9-11-17/h8-11,15H,3-7,12-14H2,1-2H3,(H,21,24). The van der Waals surface area contributed by atoms with Crippen molar-refractivity contribution in [3.63, 3.8) is 0 Å². The second-order valence-corrected chi connectivity index (χ2v) is 9.55. The van der Waals surface area contributed by atoms with Crippen LogP contribution in [-0.4, -0.2) is 44.3 Å². The van der Waals surface area contributed by atoms with Crippen LogP contribution >= 0.6 is 0 Å². The molecule has 1 heterocycles. The van der Waals surface area contributed by atoms with E-state index in [-0.39, 0.29) is 10.8 Å². The number of carbonyl (C=O) groups excluding carboxylic acids is 2. The van der Waals surface area contributed by atoms with Gasteiger partial charge in [0.05, 0.1) is 12.0 Å². The minimum absolute atomic E-state index is 0.0244. The molecule has 3 rings (SSSR count). The highest BCUT2D eigenvalue weighted by atomic mass is 32.2. The van der Waals surface area contributed by atoms with E-state index in [4.69, 9.17) is 4.74 Å². The van der Waals surface area contributed by atoms with Crippen molar-refractivity contribution in [1.82, 2.24) is 9.62 Å². The van der Waals surface area contributed by atoms with Gasteiger partial charge in [0.1, 0.15) is 11.3 Å². The van der Waals surface area contributed by atoms with Crippen LogP contribution in [0.5, 0.6) is 5.75 Å². The first-order valence-corrected chi connectivity index (χ1v) is 11.3. The fourth-order valence-corrected chi connectivity index (χ4v) is 5.08. The second kappa shape index (κ2) is 8.11. The first-order valence-electron chi connectivity index (χ1n) is 9.78. The van der Waals surface area contributed by atoms with Gasteiger partial charge in [0, 0.05) is 13.0 Å². The molecule has 1 saturated carbocycles. The molecular formula is C20H28N2O5S. The van der Waals surface area contributed by atoms with E-state index in [9.17, 15) is 18.0 Å². The zero-order valence-electron chi connectivity index (χ0n) is 16.4. The van der Waals surface area contributed by atoms with E-state index in [1.54, 1.807) is 6.92 Å². The maximum Gasteiger partial charge on any atom is 0.264 e. The van der Waals surface area contributed by atoms with Crippen LogP contribution in [0, 0.1) is 5.92 Å². The lowest BCUT2D eigenvalue weighted by atomic mass is 9.85. The summed E-state index contributed by atoms with van der Waals surface area (Å²) in [6.07, 6.45) is 6.51. The lowest BCUT2D eigenvalue weighted by Crippen LogP contribution is -2.67. The molecule has 2 amide bonds. The Morgan fingerprint density at radius 1 is 1.21 bits per heavy atom. The molecule has 0 aromatic heterocycles. The predicted molar refractivity (Wildman–Crippen MR) is 104 cm³/mol. The minimum atomic E-state index is -4.01. The van der Waals surface area contributed by atoms with Crippen LogP contribution in [0.1, 0.15) is 51.9 Å². The number of amides is 2. The van der Waals surface area contributed by atoms with Crippen molar-refractivity contribution < 1.29 is 22.7 Å². The van der Waals surface area contributed by atoms with Crippen LogP contribution in [0.3, 0.4) is 0 Å². The van der Waals surface area contributed by atoms with Gasteiger partial charge in [0.15, 0.2) is 0 Å². The smallest absolute Gasteiger partial charge is 0.264 e. The first-order chi connectivity index (χ1) is 13.3. The average molecular weight is 409 g/mol. The Hall–Kier alpha value is -2.09. The molecule has 1 aliphatic heterocycles. The zero-order chi connectivity index (χ0) is 20.4. The van der Waals surface area contributed by atoms with E-state index in [0.29, 0.717) is 31.1 Å². The molecule has 1 atom stereocenters. The van der Waals surface area contributed by atoms with Crippen LogP contribution in [0.2, 0.25) is 0 Å². The number of nitrogens with zero attached hydrogens (tertiary/aromatic N) is 1.